The van der Waals surface area contributed by atoms with Crippen LogP contribution < -0.4 is 0 Å². The van der Waals surface area contributed by atoms with E-state index in [2.05, 4.69) is 6.92 Å². The molecule has 0 heterocycles. The molecule has 0 aromatic heterocycles. The highest BCUT2D eigenvalue weighted by Gasteiger charge is 2.29. The molecule has 1 heteroatoms. The van der Waals surface area contributed by atoms with Crippen LogP contribution in [0.1, 0.15) is 46.5 Å². The molecular formula is C10H20O. The Bertz CT molecular complexity index is 115. The van der Waals surface area contributed by atoms with Crippen molar-refractivity contribution in [2.75, 3.05) is 0 Å². The van der Waals surface area contributed by atoms with E-state index in [0.717, 1.165) is 5.92 Å². The molecule has 1 aliphatic rings. The molecule has 0 bridgehead atoms. The van der Waals surface area contributed by atoms with Gasteiger partial charge in [0.2, 0.25) is 0 Å². The van der Waals surface area contributed by atoms with Gasteiger partial charge in [-0.05, 0) is 38.5 Å². The predicted octanol–water partition coefficient (Wildman–Crippen LogP) is 2.58. The Morgan fingerprint density at radius 1 is 1.09 bits per heavy atom. The summed E-state index contributed by atoms with van der Waals surface area (Å²) in [5.41, 5.74) is -0.444. The average Bonchev–Trinajstić information content (AvgIpc) is 1.86. The lowest BCUT2D eigenvalue weighted by Crippen LogP contribution is -2.33. The smallest absolute Gasteiger partial charge is 0.0619 e. The molecule has 0 saturated heterocycles. The van der Waals surface area contributed by atoms with Crippen LogP contribution in [0.3, 0.4) is 0 Å². The molecule has 11 heavy (non-hydrogen) atoms. The Hall–Kier alpha value is -0.0400. The second kappa shape index (κ2) is 3.14. The number of rotatable bonds is 1. The van der Waals surface area contributed by atoms with Crippen LogP contribution >= 0.6 is 0 Å². The lowest BCUT2D eigenvalue weighted by Gasteiger charge is -2.34. The molecule has 0 spiro atoms. The summed E-state index contributed by atoms with van der Waals surface area (Å²) in [5, 5.41) is 9.73. The maximum absolute atomic E-state index is 9.73. The van der Waals surface area contributed by atoms with E-state index in [1.54, 1.807) is 0 Å². The minimum Gasteiger partial charge on any atom is -0.390 e. The van der Waals surface area contributed by atoms with Crippen LogP contribution in [0.4, 0.5) is 0 Å². The van der Waals surface area contributed by atoms with Crippen LogP contribution in [0.15, 0.2) is 0 Å². The van der Waals surface area contributed by atoms with Gasteiger partial charge in [-0.2, -0.15) is 0 Å². The summed E-state index contributed by atoms with van der Waals surface area (Å²) in [4.78, 5) is 0. The Morgan fingerprint density at radius 3 is 1.91 bits per heavy atom. The third-order valence-electron chi connectivity index (χ3n) is 3.01. The first kappa shape index (κ1) is 9.05. The molecule has 1 nitrogen and oxygen atoms in total. The molecule has 1 fully saturated rings. The van der Waals surface area contributed by atoms with Crippen LogP contribution in [0.25, 0.3) is 0 Å². The topological polar surface area (TPSA) is 20.2 Å². The number of aliphatic hydroxyl groups is 1. The maximum atomic E-state index is 9.73. The molecule has 1 aliphatic carbocycles. The van der Waals surface area contributed by atoms with Crippen LogP contribution in [0.2, 0.25) is 0 Å². The quantitative estimate of drug-likeness (QED) is 0.618. The van der Waals surface area contributed by atoms with Gasteiger partial charge in [0.1, 0.15) is 0 Å². The number of hydrogen-bond acceptors (Lipinski definition) is 1. The fourth-order valence-electron chi connectivity index (χ4n) is 1.97. The lowest BCUT2D eigenvalue weighted by molar-refractivity contribution is -0.00466. The molecule has 1 saturated carbocycles. The third kappa shape index (κ3) is 2.48. The average molecular weight is 156 g/mol. The summed E-state index contributed by atoms with van der Waals surface area (Å²) < 4.78 is 0. The zero-order valence-corrected chi connectivity index (χ0v) is 7.93. The summed E-state index contributed by atoms with van der Waals surface area (Å²) in [6.45, 7) is 6.18. The molecule has 0 atom stereocenters. The largest absolute Gasteiger partial charge is 0.390 e. The fourth-order valence-corrected chi connectivity index (χ4v) is 1.97. The molecule has 0 unspecified atom stereocenters. The molecule has 0 aromatic rings. The molecule has 0 aliphatic heterocycles. The fraction of sp³-hybridized carbons (Fsp3) is 1.00. The summed E-state index contributed by atoms with van der Waals surface area (Å²) >= 11 is 0. The highest BCUT2D eigenvalue weighted by Crippen LogP contribution is 2.34. The van der Waals surface area contributed by atoms with E-state index in [0.29, 0.717) is 5.92 Å². The third-order valence-corrected chi connectivity index (χ3v) is 3.01. The Labute approximate surface area is 69.8 Å². The lowest BCUT2D eigenvalue weighted by atomic mass is 9.75. The van der Waals surface area contributed by atoms with Crippen molar-refractivity contribution in [3.8, 4) is 0 Å². The maximum Gasteiger partial charge on any atom is 0.0619 e. The molecule has 0 amide bonds. The van der Waals surface area contributed by atoms with E-state index in [-0.39, 0.29) is 0 Å². The van der Waals surface area contributed by atoms with Crippen molar-refractivity contribution in [3.63, 3.8) is 0 Å². The molecule has 66 valence electrons. The number of hydrogen-bond donors (Lipinski definition) is 1. The van der Waals surface area contributed by atoms with Gasteiger partial charge in [-0.1, -0.05) is 19.8 Å². The summed E-state index contributed by atoms with van der Waals surface area (Å²) in [5.74, 6) is 1.42. The van der Waals surface area contributed by atoms with Crippen molar-refractivity contribution >= 4 is 0 Å². The monoisotopic (exact) mass is 156 g/mol. The minimum absolute atomic E-state index is 0.444. The van der Waals surface area contributed by atoms with Crippen molar-refractivity contribution in [1.82, 2.24) is 0 Å². The molecule has 0 radical (unpaired) electrons. The van der Waals surface area contributed by atoms with Gasteiger partial charge in [0.05, 0.1) is 5.60 Å². The van der Waals surface area contributed by atoms with Gasteiger partial charge in [-0.15, -0.1) is 0 Å². The second-order valence-corrected chi connectivity index (χ2v) is 4.61. The van der Waals surface area contributed by atoms with E-state index >= 15 is 0 Å². The highest BCUT2D eigenvalue weighted by atomic mass is 16.3. The zero-order valence-electron chi connectivity index (χ0n) is 7.93. The second-order valence-electron chi connectivity index (χ2n) is 4.61. The van der Waals surface area contributed by atoms with Crippen molar-refractivity contribution in [2.24, 2.45) is 11.8 Å². The van der Waals surface area contributed by atoms with Gasteiger partial charge >= 0.3 is 0 Å². The van der Waals surface area contributed by atoms with E-state index in [4.69, 9.17) is 0 Å². The van der Waals surface area contributed by atoms with Gasteiger partial charge in [-0.25, -0.2) is 0 Å². The molecule has 1 rings (SSSR count). The van der Waals surface area contributed by atoms with Crippen LogP contribution in [0.5, 0.6) is 0 Å². The summed E-state index contributed by atoms with van der Waals surface area (Å²) in [7, 11) is 0. The van der Waals surface area contributed by atoms with Crippen molar-refractivity contribution in [2.45, 2.75) is 52.1 Å². The van der Waals surface area contributed by atoms with Gasteiger partial charge in [-0.3, -0.25) is 0 Å². The van der Waals surface area contributed by atoms with Gasteiger partial charge in [0.15, 0.2) is 0 Å². The molecular weight excluding hydrogens is 136 g/mol. The normalized spacial score (nSPS) is 33.8. The first-order chi connectivity index (χ1) is 5.00. The van der Waals surface area contributed by atoms with Crippen molar-refractivity contribution in [1.29, 1.82) is 0 Å². The van der Waals surface area contributed by atoms with Crippen LogP contribution in [-0.4, -0.2) is 10.7 Å². The minimum atomic E-state index is -0.444. The van der Waals surface area contributed by atoms with E-state index in [1.807, 2.05) is 13.8 Å². The van der Waals surface area contributed by atoms with Crippen LogP contribution in [0, 0.1) is 11.8 Å². The Morgan fingerprint density at radius 2 is 1.55 bits per heavy atom. The van der Waals surface area contributed by atoms with Crippen LogP contribution in [-0.2, 0) is 0 Å². The Kier molecular flexibility index (Phi) is 2.58. The van der Waals surface area contributed by atoms with Gasteiger partial charge < -0.3 is 5.11 Å². The first-order valence-electron chi connectivity index (χ1n) is 4.72. The zero-order chi connectivity index (χ0) is 8.48. The van der Waals surface area contributed by atoms with E-state index < -0.39 is 5.60 Å². The summed E-state index contributed by atoms with van der Waals surface area (Å²) in [6, 6.07) is 0. The van der Waals surface area contributed by atoms with Gasteiger partial charge in [0, 0.05) is 0 Å². The van der Waals surface area contributed by atoms with E-state index in [9.17, 15) is 5.11 Å². The SMILES string of the molecule is CC1CCC(C(C)(C)O)CC1. The first-order valence-corrected chi connectivity index (χ1v) is 4.72. The van der Waals surface area contributed by atoms with E-state index in [1.165, 1.54) is 25.7 Å². The van der Waals surface area contributed by atoms with Crippen molar-refractivity contribution < 1.29 is 5.11 Å². The predicted molar refractivity (Wildman–Crippen MR) is 47.4 cm³/mol. The summed E-state index contributed by atoms with van der Waals surface area (Å²) in [6.07, 6.45) is 5.03. The molecule has 1 N–H and O–H groups in total. The Balaban J connectivity index is 2.39. The van der Waals surface area contributed by atoms with Gasteiger partial charge in [0.25, 0.3) is 0 Å². The van der Waals surface area contributed by atoms with Crippen molar-refractivity contribution in [3.05, 3.63) is 0 Å². The standard InChI is InChI=1S/C10H20O/c1-8-4-6-9(7-5-8)10(2,3)11/h8-9,11H,4-7H2,1-3H3. The highest BCUT2D eigenvalue weighted by molar-refractivity contribution is 4.81. The molecule has 0 aromatic carbocycles.